The van der Waals surface area contributed by atoms with Crippen LogP contribution in [0.1, 0.15) is 54.2 Å². The van der Waals surface area contributed by atoms with Gasteiger partial charge in [-0.2, -0.15) is 4.98 Å². The zero-order valence-electron chi connectivity index (χ0n) is 18.8. The van der Waals surface area contributed by atoms with Crippen LogP contribution in [0.4, 0.5) is 11.8 Å². The summed E-state index contributed by atoms with van der Waals surface area (Å²) in [6, 6.07) is 6.44. The summed E-state index contributed by atoms with van der Waals surface area (Å²) in [7, 11) is 1.91. The van der Waals surface area contributed by atoms with Gasteiger partial charge in [0.05, 0.1) is 18.2 Å². The quantitative estimate of drug-likeness (QED) is 0.634. The number of carbonyl (C=O) groups excluding carboxylic acids is 1. The maximum atomic E-state index is 12.9. The first-order valence-electron chi connectivity index (χ1n) is 11.8. The largest absolute Gasteiger partial charge is 0.393 e. The SMILES string of the molecule is CN1C(=O)c2cc3cnc(Nc4ccc(CN5CCC(O)CC5)cn4)nc3n2C2CCCC21. The number of likely N-dealkylation sites (N-methyl/N-ethyl adjacent to an activating group) is 1. The number of amides is 1. The smallest absolute Gasteiger partial charge is 0.270 e. The van der Waals surface area contributed by atoms with Crippen molar-refractivity contribution in [2.24, 2.45) is 0 Å². The molecule has 2 atom stereocenters. The Balaban J connectivity index is 1.22. The van der Waals surface area contributed by atoms with Gasteiger partial charge in [-0.25, -0.2) is 9.97 Å². The molecule has 5 heterocycles. The van der Waals surface area contributed by atoms with Gasteiger partial charge in [0.2, 0.25) is 5.95 Å². The van der Waals surface area contributed by atoms with Crippen LogP contribution < -0.4 is 5.32 Å². The minimum Gasteiger partial charge on any atom is -0.393 e. The van der Waals surface area contributed by atoms with Crippen molar-refractivity contribution in [2.45, 2.75) is 56.8 Å². The first-order chi connectivity index (χ1) is 16.1. The van der Waals surface area contributed by atoms with Crippen molar-refractivity contribution in [2.75, 3.05) is 25.5 Å². The average molecular weight is 448 g/mol. The lowest BCUT2D eigenvalue weighted by atomic mass is 10.1. The van der Waals surface area contributed by atoms with Crippen LogP contribution in [0.25, 0.3) is 11.0 Å². The Hall–Kier alpha value is -3.04. The molecule has 2 unspecified atom stereocenters. The van der Waals surface area contributed by atoms with Crippen LogP contribution >= 0.6 is 0 Å². The molecule has 0 bridgehead atoms. The lowest BCUT2D eigenvalue weighted by Gasteiger charge is -2.36. The molecule has 3 aliphatic rings. The fourth-order valence-electron chi connectivity index (χ4n) is 5.62. The Bertz CT molecular complexity index is 1180. The van der Waals surface area contributed by atoms with Crippen molar-refractivity contribution < 1.29 is 9.90 Å². The molecule has 0 radical (unpaired) electrons. The molecular weight excluding hydrogens is 418 g/mol. The molecule has 2 aliphatic heterocycles. The standard InChI is InChI=1S/C24H29N7O2/c1-29-18-3-2-4-19(18)31-20(23(29)33)11-16-13-26-24(28-22(16)31)27-21-6-5-15(12-25-21)14-30-9-7-17(32)8-10-30/h5-6,11-13,17-19,32H,2-4,7-10,14H2,1H3,(H,25,26,27,28). The second kappa shape index (κ2) is 8.07. The van der Waals surface area contributed by atoms with Crippen molar-refractivity contribution in [1.29, 1.82) is 0 Å². The summed E-state index contributed by atoms with van der Waals surface area (Å²) in [5, 5.41) is 13.8. The number of aliphatic hydroxyl groups excluding tert-OH is 1. The highest BCUT2D eigenvalue weighted by atomic mass is 16.3. The van der Waals surface area contributed by atoms with E-state index in [-0.39, 0.29) is 24.1 Å². The second-order valence-electron chi connectivity index (χ2n) is 9.54. The van der Waals surface area contributed by atoms with E-state index >= 15 is 0 Å². The maximum Gasteiger partial charge on any atom is 0.270 e. The lowest BCUT2D eigenvalue weighted by Crippen LogP contribution is -2.46. The molecular formula is C24H29N7O2. The number of nitrogens with one attached hydrogen (secondary N) is 1. The molecule has 0 aromatic carbocycles. The van der Waals surface area contributed by atoms with Gasteiger partial charge in [-0.3, -0.25) is 9.69 Å². The number of fused-ring (bicyclic) bond motifs is 5. The van der Waals surface area contributed by atoms with E-state index in [0.717, 1.165) is 68.3 Å². The molecule has 172 valence electrons. The number of aliphatic hydroxyl groups is 1. The summed E-state index contributed by atoms with van der Waals surface area (Å²) < 4.78 is 2.13. The van der Waals surface area contributed by atoms with Crippen LogP contribution in [0.3, 0.4) is 0 Å². The summed E-state index contributed by atoms with van der Waals surface area (Å²) in [6.45, 7) is 2.66. The molecule has 9 nitrogen and oxygen atoms in total. The average Bonchev–Trinajstić information content (AvgIpc) is 3.45. The van der Waals surface area contributed by atoms with Crippen molar-refractivity contribution in [1.82, 2.24) is 29.3 Å². The monoisotopic (exact) mass is 447 g/mol. The summed E-state index contributed by atoms with van der Waals surface area (Å²) in [4.78, 5) is 31.0. The molecule has 2 N–H and O–H groups in total. The molecule has 1 aliphatic carbocycles. The third kappa shape index (κ3) is 3.65. The van der Waals surface area contributed by atoms with E-state index in [1.54, 1.807) is 6.20 Å². The molecule has 0 spiro atoms. The zero-order chi connectivity index (χ0) is 22.5. The van der Waals surface area contributed by atoms with Gasteiger partial charge >= 0.3 is 0 Å². The lowest BCUT2D eigenvalue weighted by molar-refractivity contribution is 0.0632. The van der Waals surface area contributed by atoms with Gasteiger partial charge in [0.1, 0.15) is 17.2 Å². The third-order valence-corrected chi connectivity index (χ3v) is 7.42. The van der Waals surface area contributed by atoms with Gasteiger partial charge in [-0.1, -0.05) is 6.07 Å². The van der Waals surface area contributed by atoms with Crippen molar-refractivity contribution >= 4 is 28.7 Å². The van der Waals surface area contributed by atoms with E-state index in [2.05, 4.69) is 30.8 Å². The third-order valence-electron chi connectivity index (χ3n) is 7.42. The van der Waals surface area contributed by atoms with Crippen LogP contribution in [0.5, 0.6) is 0 Å². The number of nitrogens with zero attached hydrogens (tertiary/aromatic N) is 6. The van der Waals surface area contributed by atoms with Crippen molar-refractivity contribution in [3.63, 3.8) is 0 Å². The first-order valence-corrected chi connectivity index (χ1v) is 11.8. The Morgan fingerprint density at radius 3 is 2.70 bits per heavy atom. The Kier molecular flexibility index (Phi) is 5.03. The van der Waals surface area contributed by atoms with Gasteiger partial charge in [0.25, 0.3) is 5.91 Å². The summed E-state index contributed by atoms with van der Waals surface area (Å²) in [6.07, 6.45) is 8.39. The molecule has 3 aromatic heterocycles. The van der Waals surface area contributed by atoms with E-state index < -0.39 is 0 Å². The Morgan fingerprint density at radius 2 is 1.91 bits per heavy atom. The minimum absolute atomic E-state index is 0.0612. The number of anilines is 2. The van der Waals surface area contributed by atoms with E-state index in [1.165, 1.54) is 0 Å². The van der Waals surface area contributed by atoms with Gasteiger partial charge in [0.15, 0.2) is 0 Å². The van der Waals surface area contributed by atoms with Crippen molar-refractivity contribution in [3.8, 4) is 0 Å². The van der Waals surface area contributed by atoms with Gasteiger partial charge in [-0.05, 0) is 49.8 Å². The number of aromatic nitrogens is 4. The molecule has 3 aromatic rings. The van der Waals surface area contributed by atoms with Crippen LogP contribution in [0.15, 0.2) is 30.6 Å². The summed E-state index contributed by atoms with van der Waals surface area (Å²) in [5.74, 6) is 1.23. The van der Waals surface area contributed by atoms with Crippen LogP contribution in [-0.2, 0) is 6.54 Å². The van der Waals surface area contributed by atoms with Crippen LogP contribution in [-0.4, -0.2) is 72.6 Å². The molecule has 2 fully saturated rings. The molecule has 1 saturated carbocycles. The summed E-state index contributed by atoms with van der Waals surface area (Å²) in [5.41, 5.74) is 2.66. The highest BCUT2D eigenvalue weighted by Gasteiger charge is 2.41. The number of carbonyl (C=O) groups is 1. The van der Waals surface area contributed by atoms with Crippen molar-refractivity contribution in [3.05, 3.63) is 41.9 Å². The topological polar surface area (TPSA) is 99.4 Å². The van der Waals surface area contributed by atoms with E-state index in [1.807, 2.05) is 30.3 Å². The van der Waals surface area contributed by atoms with Crippen LogP contribution in [0, 0.1) is 0 Å². The summed E-state index contributed by atoms with van der Waals surface area (Å²) >= 11 is 0. The predicted molar refractivity (Wildman–Crippen MR) is 124 cm³/mol. The van der Waals surface area contributed by atoms with Crippen LogP contribution in [0.2, 0.25) is 0 Å². The van der Waals surface area contributed by atoms with E-state index in [0.29, 0.717) is 17.5 Å². The predicted octanol–water partition coefficient (Wildman–Crippen LogP) is 2.71. The minimum atomic E-state index is -0.159. The number of pyridine rings is 1. The molecule has 1 amide bonds. The number of rotatable bonds is 4. The highest BCUT2D eigenvalue weighted by Crippen LogP contribution is 2.41. The molecule has 9 heteroatoms. The van der Waals surface area contributed by atoms with Gasteiger partial charge in [-0.15, -0.1) is 0 Å². The fraction of sp³-hybridized carbons (Fsp3) is 0.500. The second-order valence-corrected chi connectivity index (χ2v) is 9.54. The highest BCUT2D eigenvalue weighted by molar-refractivity contribution is 5.99. The first kappa shape index (κ1) is 20.6. The maximum absolute atomic E-state index is 12.9. The Labute approximate surface area is 192 Å². The fourth-order valence-corrected chi connectivity index (χ4v) is 5.62. The van der Waals surface area contributed by atoms with E-state index in [4.69, 9.17) is 4.98 Å². The number of hydrogen-bond donors (Lipinski definition) is 2. The molecule has 33 heavy (non-hydrogen) atoms. The zero-order valence-corrected chi connectivity index (χ0v) is 18.8. The molecule has 6 rings (SSSR count). The number of piperidine rings is 1. The van der Waals surface area contributed by atoms with Gasteiger partial charge in [0, 0.05) is 44.5 Å². The molecule has 1 saturated heterocycles. The Morgan fingerprint density at radius 1 is 1.09 bits per heavy atom. The van der Waals surface area contributed by atoms with E-state index in [9.17, 15) is 9.90 Å². The number of likely N-dealkylation sites (tertiary alicyclic amines) is 1. The number of hydrogen-bond acceptors (Lipinski definition) is 7. The van der Waals surface area contributed by atoms with Gasteiger partial charge < -0.3 is 19.9 Å². The normalized spacial score (nSPS) is 23.7.